The van der Waals surface area contributed by atoms with Crippen molar-refractivity contribution in [3.63, 3.8) is 0 Å². The number of ether oxygens (including phenoxy) is 1. The highest BCUT2D eigenvalue weighted by molar-refractivity contribution is 6.24. The van der Waals surface area contributed by atoms with Crippen LogP contribution in [0.15, 0.2) is 217 Å². The van der Waals surface area contributed by atoms with Gasteiger partial charge in [-0.25, -0.2) is 0 Å². The number of nitrogens with zero attached hydrogens (tertiary/aromatic N) is 6. The van der Waals surface area contributed by atoms with Crippen molar-refractivity contribution in [2.24, 2.45) is 0 Å². The van der Waals surface area contributed by atoms with Crippen LogP contribution in [0.4, 0.5) is 0 Å². The lowest BCUT2D eigenvalue weighted by Crippen LogP contribution is -2.14. The number of nitriles is 2. The molecule has 8 heteroatoms. The van der Waals surface area contributed by atoms with Crippen LogP contribution in [0.1, 0.15) is 40.0 Å². The average molecular weight is 971 g/mol. The van der Waals surface area contributed by atoms with Gasteiger partial charge in [0.15, 0.2) is 0 Å². The third-order valence-corrected chi connectivity index (χ3v) is 16.4. The van der Waals surface area contributed by atoms with Crippen molar-refractivity contribution in [3.8, 4) is 40.6 Å². The highest BCUT2D eigenvalue weighted by Gasteiger charge is 2.40. The molecule has 8 nitrogen and oxygen atoms in total. The van der Waals surface area contributed by atoms with Gasteiger partial charge in [-0.2, -0.15) is 10.5 Å². The Hall–Kier alpha value is -10.5. The Labute approximate surface area is 433 Å². The molecule has 352 valence electrons. The van der Waals surface area contributed by atoms with Crippen molar-refractivity contribution in [1.82, 2.24) is 18.3 Å². The van der Waals surface area contributed by atoms with Crippen LogP contribution in [0.5, 0.6) is 5.75 Å². The van der Waals surface area contributed by atoms with Crippen molar-refractivity contribution in [3.05, 3.63) is 240 Å². The summed E-state index contributed by atoms with van der Waals surface area (Å²) in [7, 11) is 0. The Morgan fingerprint density at radius 3 is 1.53 bits per heavy atom. The zero-order valence-electron chi connectivity index (χ0n) is 40.4. The predicted octanol–water partition coefficient (Wildman–Crippen LogP) is 16.8. The summed E-state index contributed by atoms with van der Waals surface area (Å²) in [5.41, 5.74) is 15.9. The van der Waals surface area contributed by atoms with E-state index in [0.29, 0.717) is 22.5 Å². The summed E-state index contributed by atoms with van der Waals surface area (Å²) >= 11 is 0. The molecule has 1 aliphatic carbocycles. The highest BCUT2D eigenvalue weighted by atomic mass is 16.5. The highest BCUT2D eigenvalue weighted by Crippen LogP contribution is 2.54. The fraction of sp³-hybridized carbons (Fsp3) is 0.0294. The quantitative estimate of drug-likeness (QED) is 0.176. The van der Waals surface area contributed by atoms with Crippen LogP contribution < -0.4 is 4.74 Å². The fourth-order valence-corrected chi connectivity index (χ4v) is 13.3. The van der Waals surface area contributed by atoms with E-state index in [4.69, 9.17) is 9.15 Å². The maximum atomic E-state index is 11.5. The van der Waals surface area contributed by atoms with Gasteiger partial charge in [0.25, 0.3) is 0 Å². The number of rotatable bonds is 4. The lowest BCUT2D eigenvalue weighted by atomic mass is 9.85. The lowest BCUT2D eigenvalue weighted by Gasteiger charge is -2.22. The number of hydrogen-bond acceptors (Lipinski definition) is 4. The molecule has 15 aromatic rings. The minimum atomic E-state index is -0.310. The molecule has 0 saturated carbocycles. The fourth-order valence-electron chi connectivity index (χ4n) is 13.3. The average Bonchev–Trinajstić information content (AvgIpc) is 4.38. The van der Waals surface area contributed by atoms with Crippen LogP contribution >= 0.6 is 0 Å². The van der Waals surface area contributed by atoms with E-state index in [2.05, 4.69) is 212 Å². The Bertz CT molecular complexity index is 5110. The van der Waals surface area contributed by atoms with Gasteiger partial charge in [-0.1, -0.05) is 115 Å². The standard InChI is InChI=1S/C68H38N6O2/c69-37-39-34-62(74-58-30-26-42(72-55-21-9-3-15-45(55)46-16-4-10-22-56(46)72)36-52(58)66-60(74)32-28-50-48-18-6-12-24-64(48)76-68(50)66)40(38-70)33-61(39)73-57-29-25-41(71-53-19-7-1-13-43(53)44-14-2-8-20-54(44)71)35-51(57)65-59(73)31-27-49-47-17-5-11-23-63(47)75-67(49)65/h1-36,49,67H. The van der Waals surface area contributed by atoms with Crippen LogP contribution in [0.25, 0.3) is 127 Å². The molecule has 2 atom stereocenters. The minimum absolute atomic E-state index is 0.00359. The molecule has 2 unspecified atom stereocenters. The second kappa shape index (κ2) is 15.0. The molecule has 0 fully saturated rings. The van der Waals surface area contributed by atoms with E-state index in [0.717, 1.165) is 111 Å². The SMILES string of the molecule is N#Cc1cc(-n2c3ccc(-n4c5ccccc5c5ccccc54)cc3c3c4oc5ccccc5c4ccc32)c(C#N)cc1-n1c2c(c3cc(-n4c5ccccc5c5ccccc54)ccc31)C1Oc3ccccc3C1C=C2. The first kappa shape index (κ1) is 41.0. The van der Waals surface area contributed by atoms with Gasteiger partial charge in [-0.3, -0.25) is 0 Å². The van der Waals surface area contributed by atoms with Crippen molar-refractivity contribution < 1.29 is 9.15 Å². The summed E-state index contributed by atoms with van der Waals surface area (Å²) in [6, 6.07) is 77.1. The predicted molar refractivity (Wildman–Crippen MR) is 305 cm³/mol. The van der Waals surface area contributed by atoms with Crippen molar-refractivity contribution in [2.45, 2.75) is 12.0 Å². The normalized spacial score (nSPS) is 14.9. The summed E-state index contributed by atoms with van der Waals surface area (Å²) in [5, 5.41) is 32.6. The number of aromatic nitrogens is 4. The number of furan rings is 1. The molecule has 0 saturated heterocycles. The molecular weight excluding hydrogens is 933 g/mol. The van der Waals surface area contributed by atoms with E-state index in [9.17, 15) is 10.5 Å². The summed E-state index contributed by atoms with van der Waals surface area (Å²) in [5.74, 6) is 0.868. The Kier molecular flexibility index (Phi) is 8.10. The first-order valence-electron chi connectivity index (χ1n) is 25.6. The Morgan fingerprint density at radius 1 is 0.408 bits per heavy atom. The van der Waals surface area contributed by atoms with Crippen LogP contribution in [-0.2, 0) is 0 Å². The molecule has 17 rings (SSSR count). The largest absolute Gasteiger partial charge is 0.484 e. The summed E-state index contributed by atoms with van der Waals surface area (Å²) in [6.07, 6.45) is 4.11. The molecule has 6 heterocycles. The monoisotopic (exact) mass is 970 g/mol. The minimum Gasteiger partial charge on any atom is -0.484 e. The molecule has 5 aromatic heterocycles. The molecule has 0 N–H and O–H groups in total. The van der Waals surface area contributed by atoms with Gasteiger partial charge < -0.3 is 27.4 Å². The van der Waals surface area contributed by atoms with E-state index in [1.54, 1.807) is 0 Å². The third-order valence-electron chi connectivity index (χ3n) is 16.4. The number of benzene rings is 10. The number of para-hydroxylation sites is 6. The van der Waals surface area contributed by atoms with Crippen molar-refractivity contribution in [1.29, 1.82) is 10.5 Å². The maximum absolute atomic E-state index is 11.5. The number of fused-ring (bicyclic) bond motifs is 20. The van der Waals surface area contributed by atoms with Crippen LogP contribution in [0.2, 0.25) is 0 Å². The van der Waals surface area contributed by atoms with Crippen LogP contribution in [0, 0.1) is 22.7 Å². The smallest absolute Gasteiger partial charge is 0.145 e. The maximum Gasteiger partial charge on any atom is 0.145 e. The van der Waals surface area contributed by atoms with Gasteiger partial charge in [-0.15, -0.1) is 0 Å². The summed E-state index contributed by atoms with van der Waals surface area (Å²) in [6.45, 7) is 0. The van der Waals surface area contributed by atoms with E-state index in [1.807, 2.05) is 36.4 Å². The van der Waals surface area contributed by atoms with Crippen molar-refractivity contribution in [2.75, 3.05) is 0 Å². The second-order valence-electron chi connectivity index (χ2n) is 20.1. The Balaban J connectivity index is 0.918. The molecular formula is C68H38N6O2. The first-order chi connectivity index (χ1) is 37.6. The zero-order chi connectivity index (χ0) is 49.9. The molecule has 0 bridgehead atoms. The second-order valence-corrected chi connectivity index (χ2v) is 20.1. The third kappa shape index (κ3) is 5.33. The zero-order valence-corrected chi connectivity index (χ0v) is 40.4. The topological polar surface area (TPSA) is 89.7 Å². The van der Waals surface area contributed by atoms with E-state index >= 15 is 0 Å². The van der Waals surface area contributed by atoms with Gasteiger partial charge in [0.1, 0.15) is 35.2 Å². The van der Waals surface area contributed by atoms with E-state index in [-0.39, 0.29) is 12.0 Å². The molecule has 1 aliphatic heterocycles. The first-order valence-corrected chi connectivity index (χ1v) is 25.6. The van der Waals surface area contributed by atoms with Gasteiger partial charge in [0.05, 0.1) is 72.2 Å². The molecule has 0 radical (unpaired) electrons. The molecule has 0 spiro atoms. The molecule has 2 aliphatic rings. The van der Waals surface area contributed by atoms with Gasteiger partial charge >= 0.3 is 0 Å². The van der Waals surface area contributed by atoms with Gasteiger partial charge in [0.2, 0.25) is 0 Å². The van der Waals surface area contributed by atoms with E-state index < -0.39 is 0 Å². The Morgan fingerprint density at radius 2 is 0.908 bits per heavy atom. The summed E-state index contributed by atoms with van der Waals surface area (Å²) in [4.78, 5) is 0. The summed E-state index contributed by atoms with van der Waals surface area (Å²) < 4.78 is 22.7. The van der Waals surface area contributed by atoms with Gasteiger partial charge in [0, 0.05) is 71.5 Å². The van der Waals surface area contributed by atoms with E-state index in [1.165, 1.54) is 21.5 Å². The van der Waals surface area contributed by atoms with Gasteiger partial charge in [-0.05, 0) is 103 Å². The number of hydrogen-bond donors (Lipinski definition) is 0. The lowest BCUT2D eigenvalue weighted by molar-refractivity contribution is 0.224. The molecule has 0 amide bonds. The van der Waals surface area contributed by atoms with Crippen LogP contribution in [-0.4, -0.2) is 18.3 Å². The van der Waals surface area contributed by atoms with Crippen molar-refractivity contribution >= 4 is 104 Å². The molecule has 10 aromatic carbocycles. The van der Waals surface area contributed by atoms with Crippen LogP contribution in [0.3, 0.4) is 0 Å². The molecule has 76 heavy (non-hydrogen) atoms.